The van der Waals surface area contributed by atoms with Gasteiger partial charge >= 0.3 is 0 Å². The Bertz CT molecular complexity index is 1220. The molecule has 1 aromatic heterocycles. The third kappa shape index (κ3) is 7.21. The first kappa shape index (κ1) is 26.4. The molecule has 3 N–H and O–H groups in total. The SMILES string of the molecule is C[C@@H](C[C@H](NC(=O)c1ccc(-c2ccccc2)nc1)C(=O)NC(C)(C)Cc1ccc(F)cc1)C1OC1O. The Morgan fingerprint density at radius 2 is 1.76 bits per heavy atom. The van der Waals surface area contributed by atoms with Gasteiger partial charge in [-0.2, -0.15) is 0 Å². The van der Waals surface area contributed by atoms with Crippen LogP contribution in [0.25, 0.3) is 11.3 Å². The van der Waals surface area contributed by atoms with Crippen molar-refractivity contribution in [2.24, 2.45) is 5.92 Å². The van der Waals surface area contributed by atoms with Crippen molar-refractivity contribution >= 4 is 11.8 Å². The van der Waals surface area contributed by atoms with Gasteiger partial charge in [-0.15, -0.1) is 0 Å². The molecule has 0 aliphatic carbocycles. The highest BCUT2D eigenvalue weighted by atomic mass is 19.1. The van der Waals surface area contributed by atoms with Crippen LogP contribution in [0.2, 0.25) is 0 Å². The summed E-state index contributed by atoms with van der Waals surface area (Å²) in [7, 11) is 0. The van der Waals surface area contributed by atoms with Gasteiger partial charge in [0.2, 0.25) is 5.91 Å². The number of hydrogen-bond donors (Lipinski definition) is 3. The number of carbonyl (C=O) groups is 2. The molecule has 8 heteroatoms. The number of hydrogen-bond acceptors (Lipinski definition) is 5. The predicted molar refractivity (Wildman–Crippen MR) is 138 cm³/mol. The Labute approximate surface area is 216 Å². The third-order valence-electron chi connectivity index (χ3n) is 6.41. The van der Waals surface area contributed by atoms with Crippen molar-refractivity contribution in [2.45, 2.75) is 57.6 Å². The molecule has 2 unspecified atom stereocenters. The molecule has 1 aliphatic rings. The Morgan fingerprint density at radius 1 is 1.08 bits per heavy atom. The van der Waals surface area contributed by atoms with E-state index in [0.29, 0.717) is 12.0 Å². The maximum absolute atomic E-state index is 13.4. The van der Waals surface area contributed by atoms with Gasteiger partial charge in [-0.25, -0.2) is 4.39 Å². The second-order valence-corrected chi connectivity index (χ2v) is 10.2. The van der Waals surface area contributed by atoms with Crippen LogP contribution in [0.3, 0.4) is 0 Å². The van der Waals surface area contributed by atoms with Gasteiger partial charge in [0.25, 0.3) is 5.91 Å². The molecule has 0 saturated carbocycles. The number of amides is 2. The molecule has 1 fully saturated rings. The van der Waals surface area contributed by atoms with Crippen LogP contribution in [0.15, 0.2) is 72.9 Å². The first-order valence-electron chi connectivity index (χ1n) is 12.3. The Balaban J connectivity index is 1.45. The van der Waals surface area contributed by atoms with Crippen LogP contribution in [0.5, 0.6) is 0 Å². The summed E-state index contributed by atoms with van der Waals surface area (Å²) in [4.78, 5) is 30.8. The zero-order chi connectivity index (χ0) is 26.6. The summed E-state index contributed by atoms with van der Waals surface area (Å²) in [5, 5.41) is 15.5. The van der Waals surface area contributed by atoms with Crippen LogP contribution in [0, 0.1) is 11.7 Å². The maximum Gasteiger partial charge on any atom is 0.253 e. The molecule has 37 heavy (non-hydrogen) atoms. The second-order valence-electron chi connectivity index (χ2n) is 10.2. The lowest BCUT2D eigenvalue weighted by Crippen LogP contribution is -2.54. The van der Waals surface area contributed by atoms with Crippen LogP contribution in [0.1, 0.15) is 43.1 Å². The largest absolute Gasteiger partial charge is 0.366 e. The third-order valence-corrected chi connectivity index (χ3v) is 6.41. The van der Waals surface area contributed by atoms with Crippen molar-refractivity contribution in [3.05, 3.63) is 89.9 Å². The molecular weight excluding hydrogens is 473 g/mol. The van der Waals surface area contributed by atoms with Crippen LogP contribution < -0.4 is 10.6 Å². The lowest BCUT2D eigenvalue weighted by atomic mass is 9.93. The molecule has 3 aromatic rings. The van der Waals surface area contributed by atoms with E-state index in [1.54, 1.807) is 24.3 Å². The number of ether oxygens (including phenoxy) is 1. The molecule has 2 heterocycles. The number of nitrogens with zero attached hydrogens (tertiary/aromatic N) is 1. The fraction of sp³-hybridized carbons (Fsp3) is 0.345. The lowest BCUT2D eigenvalue weighted by molar-refractivity contribution is -0.125. The Kier molecular flexibility index (Phi) is 8.00. The zero-order valence-electron chi connectivity index (χ0n) is 21.1. The van der Waals surface area contributed by atoms with Crippen LogP contribution >= 0.6 is 0 Å². The quantitative estimate of drug-likeness (QED) is 0.363. The minimum absolute atomic E-state index is 0.162. The summed E-state index contributed by atoms with van der Waals surface area (Å²) in [6.45, 7) is 5.61. The first-order chi connectivity index (χ1) is 17.6. The van der Waals surface area contributed by atoms with Crippen molar-refractivity contribution in [1.82, 2.24) is 15.6 Å². The summed E-state index contributed by atoms with van der Waals surface area (Å²) < 4.78 is 18.4. The smallest absolute Gasteiger partial charge is 0.253 e. The monoisotopic (exact) mass is 505 g/mol. The predicted octanol–water partition coefficient (Wildman–Crippen LogP) is 3.87. The molecule has 194 valence electrons. The van der Waals surface area contributed by atoms with Crippen LogP contribution in [0.4, 0.5) is 4.39 Å². The van der Waals surface area contributed by atoms with E-state index in [4.69, 9.17) is 4.74 Å². The van der Waals surface area contributed by atoms with E-state index in [1.165, 1.54) is 18.3 Å². The molecule has 7 nitrogen and oxygen atoms in total. The molecule has 4 atom stereocenters. The highest BCUT2D eigenvalue weighted by Crippen LogP contribution is 2.30. The van der Waals surface area contributed by atoms with Gasteiger partial charge < -0.3 is 20.5 Å². The van der Waals surface area contributed by atoms with Gasteiger partial charge in [0, 0.05) is 17.3 Å². The number of rotatable bonds is 10. The van der Waals surface area contributed by atoms with Crippen LogP contribution in [-0.4, -0.2) is 45.9 Å². The average Bonchev–Trinajstić information content (AvgIpc) is 3.61. The van der Waals surface area contributed by atoms with Gasteiger partial charge in [-0.1, -0.05) is 49.4 Å². The molecule has 1 saturated heterocycles. The minimum Gasteiger partial charge on any atom is -0.366 e. The van der Waals surface area contributed by atoms with Gasteiger partial charge in [-0.05, 0) is 62.4 Å². The van der Waals surface area contributed by atoms with E-state index in [2.05, 4.69) is 15.6 Å². The summed E-state index contributed by atoms with van der Waals surface area (Å²) in [6, 6.07) is 18.3. The Morgan fingerprint density at radius 3 is 2.35 bits per heavy atom. The molecule has 4 rings (SSSR count). The van der Waals surface area contributed by atoms with Crippen molar-refractivity contribution in [3.8, 4) is 11.3 Å². The van der Waals surface area contributed by atoms with E-state index < -0.39 is 23.8 Å². The van der Waals surface area contributed by atoms with Crippen LogP contribution in [-0.2, 0) is 16.0 Å². The minimum atomic E-state index is -0.861. The highest BCUT2D eigenvalue weighted by Gasteiger charge is 2.43. The molecule has 0 radical (unpaired) electrons. The average molecular weight is 506 g/mol. The fourth-order valence-electron chi connectivity index (χ4n) is 4.40. The van der Waals surface area contributed by atoms with E-state index in [0.717, 1.165) is 16.8 Å². The molecule has 0 bridgehead atoms. The number of aliphatic hydroxyl groups is 1. The maximum atomic E-state index is 13.4. The zero-order valence-corrected chi connectivity index (χ0v) is 21.1. The number of benzene rings is 2. The summed E-state index contributed by atoms with van der Waals surface area (Å²) in [5.74, 6) is -1.26. The lowest BCUT2D eigenvalue weighted by Gasteiger charge is -2.30. The summed E-state index contributed by atoms with van der Waals surface area (Å²) in [5.41, 5.74) is 2.22. The normalized spacial score (nSPS) is 18.5. The van der Waals surface area contributed by atoms with Crippen molar-refractivity contribution in [3.63, 3.8) is 0 Å². The molecule has 1 aliphatic heterocycles. The topological polar surface area (TPSA) is 104 Å². The number of nitrogens with one attached hydrogen (secondary N) is 2. The van der Waals surface area contributed by atoms with Gasteiger partial charge in [0.05, 0.1) is 11.3 Å². The van der Waals surface area contributed by atoms with E-state index in [1.807, 2.05) is 51.1 Å². The van der Waals surface area contributed by atoms with E-state index in [9.17, 15) is 19.1 Å². The molecular formula is C29H32FN3O4. The molecule has 2 aromatic carbocycles. The Hall–Kier alpha value is -3.62. The molecule has 0 spiro atoms. The number of halogens is 1. The van der Waals surface area contributed by atoms with E-state index in [-0.39, 0.29) is 30.2 Å². The second kappa shape index (κ2) is 11.2. The molecule has 2 amide bonds. The van der Waals surface area contributed by atoms with Crippen molar-refractivity contribution in [2.75, 3.05) is 0 Å². The fourth-order valence-corrected chi connectivity index (χ4v) is 4.40. The summed E-state index contributed by atoms with van der Waals surface area (Å²) >= 11 is 0. The number of aromatic nitrogens is 1. The van der Waals surface area contributed by atoms with Crippen molar-refractivity contribution in [1.29, 1.82) is 0 Å². The highest BCUT2D eigenvalue weighted by molar-refractivity contribution is 5.97. The van der Waals surface area contributed by atoms with E-state index >= 15 is 0 Å². The van der Waals surface area contributed by atoms with Gasteiger partial charge in [-0.3, -0.25) is 14.6 Å². The van der Waals surface area contributed by atoms with Gasteiger partial charge in [0.1, 0.15) is 18.0 Å². The summed E-state index contributed by atoms with van der Waals surface area (Å²) in [6.07, 6.45) is 1.03. The van der Waals surface area contributed by atoms with Crippen molar-refractivity contribution < 1.29 is 23.8 Å². The number of epoxide rings is 1. The standard InChI is InChI=1S/C29H32FN3O4/c1-18(25-28(36)37-25)15-24(27(35)33-29(2,3)16-19-9-12-22(30)13-10-19)32-26(34)21-11-14-23(31-17-21)20-7-5-4-6-8-20/h4-14,17-18,24-25,28,36H,15-16H2,1-3H3,(H,32,34)(H,33,35)/t18-,24-,25?,28?/m0/s1. The number of pyridine rings is 1. The first-order valence-corrected chi connectivity index (χ1v) is 12.3. The van der Waals surface area contributed by atoms with Gasteiger partial charge in [0.15, 0.2) is 6.29 Å². The number of carbonyl (C=O) groups excluding carboxylic acids is 2. The number of aliphatic hydroxyl groups excluding tert-OH is 1.